The number of rotatable bonds is 5. The summed E-state index contributed by atoms with van der Waals surface area (Å²) in [5.41, 5.74) is 1.20. The van der Waals surface area contributed by atoms with Crippen molar-refractivity contribution in [2.75, 3.05) is 33.3 Å². The van der Waals surface area contributed by atoms with Crippen LogP contribution >= 0.6 is 0 Å². The Bertz CT molecular complexity index is 1350. The maximum absolute atomic E-state index is 13.1. The first-order valence-electron chi connectivity index (χ1n) is 10.5. The molecule has 7 nitrogen and oxygen atoms in total. The highest BCUT2D eigenvalue weighted by Crippen LogP contribution is 2.23. The minimum atomic E-state index is -0.230. The van der Waals surface area contributed by atoms with E-state index in [1.54, 1.807) is 31.5 Å². The van der Waals surface area contributed by atoms with Gasteiger partial charge < -0.3 is 10.1 Å². The summed E-state index contributed by atoms with van der Waals surface area (Å²) in [4.78, 5) is 33.1. The topological polar surface area (TPSA) is 75.9 Å². The van der Waals surface area contributed by atoms with Crippen molar-refractivity contribution in [3.05, 3.63) is 70.6 Å². The first-order valence-corrected chi connectivity index (χ1v) is 10.5. The molecule has 1 aliphatic heterocycles. The lowest BCUT2D eigenvalue weighted by molar-refractivity contribution is 0.0945. The first kappa shape index (κ1) is 19.7. The van der Waals surface area contributed by atoms with Gasteiger partial charge in [-0.2, -0.15) is 0 Å². The highest BCUT2D eigenvalue weighted by Gasteiger charge is 2.22. The summed E-state index contributed by atoms with van der Waals surface area (Å²) in [5.74, 6) is -0.230. The smallest absolute Gasteiger partial charge is 0.265 e. The fourth-order valence-electron chi connectivity index (χ4n) is 4.35. The van der Waals surface area contributed by atoms with Gasteiger partial charge in [0.2, 0.25) is 0 Å². The Balaban J connectivity index is 1.48. The number of pyridine rings is 1. The number of fused-ring (bicyclic) bond motifs is 4. The summed E-state index contributed by atoms with van der Waals surface area (Å²) in [6.45, 7) is 3.14. The van der Waals surface area contributed by atoms with Gasteiger partial charge in [0.1, 0.15) is 0 Å². The summed E-state index contributed by atoms with van der Waals surface area (Å²) in [5, 5.41) is 5.42. The lowest BCUT2D eigenvalue weighted by Crippen LogP contribution is -2.34. The standard InChI is InChI=1S/C24H24N4O3/c1-31-17-10-13-27(15-17)14-11-25-23(29)20-7-4-12-28-22(20)26-21-18-6-3-2-5-16(18)8-9-19(21)24(28)30/h2-9,12,17H,10-11,13-15H2,1H3,(H,25,29)/t17-/m0/s1. The highest BCUT2D eigenvalue weighted by molar-refractivity contribution is 6.07. The molecule has 0 saturated carbocycles. The first-order chi connectivity index (χ1) is 15.2. The number of benzene rings is 2. The van der Waals surface area contributed by atoms with Gasteiger partial charge >= 0.3 is 0 Å². The van der Waals surface area contributed by atoms with Gasteiger partial charge in [0, 0.05) is 44.9 Å². The monoisotopic (exact) mass is 416 g/mol. The van der Waals surface area contributed by atoms with Gasteiger partial charge in [0.15, 0.2) is 5.65 Å². The molecule has 1 saturated heterocycles. The third-order valence-electron chi connectivity index (χ3n) is 6.06. The molecule has 0 unspecified atom stereocenters. The zero-order chi connectivity index (χ0) is 21.4. The number of methoxy groups -OCH3 is 1. The van der Waals surface area contributed by atoms with Crippen LogP contribution in [-0.4, -0.2) is 59.6 Å². The molecule has 0 spiro atoms. The number of carbonyl (C=O) groups is 1. The van der Waals surface area contributed by atoms with Crippen molar-refractivity contribution >= 4 is 33.2 Å². The lowest BCUT2D eigenvalue weighted by Gasteiger charge is -2.16. The molecule has 2 aromatic heterocycles. The van der Waals surface area contributed by atoms with E-state index >= 15 is 0 Å². The van der Waals surface area contributed by atoms with Gasteiger partial charge in [0.05, 0.1) is 22.6 Å². The number of hydrogen-bond donors (Lipinski definition) is 1. The number of likely N-dealkylation sites (tertiary alicyclic amines) is 1. The molecule has 3 heterocycles. The Morgan fingerprint density at radius 2 is 2.03 bits per heavy atom. The Kier molecular flexibility index (Phi) is 5.13. The van der Waals surface area contributed by atoms with Crippen LogP contribution in [0.5, 0.6) is 0 Å². The number of aromatic nitrogens is 2. The van der Waals surface area contributed by atoms with E-state index in [0.29, 0.717) is 28.7 Å². The zero-order valence-corrected chi connectivity index (χ0v) is 17.4. The van der Waals surface area contributed by atoms with E-state index in [9.17, 15) is 9.59 Å². The van der Waals surface area contributed by atoms with Crippen LogP contribution in [-0.2, 0) is 4.74 Å². The normalized spacial score (nSPS) is 17.0. The van der Waals surface area contributed by atoms with E-state index in [1.165, 1.54) is 4.40 Å². The molecule has 31 heavy (non-hydrogen) atoms. The zero-order valence-electron chi connectivity index (χ0n) is 17.4. The molecule has 1 amide bonds. The number of hydrogen-bond acceptors (Lipinski definition) is 5. The summed E-state index contributed by atoms with van der Waals surface area (Å²) < 4.78 is 6.85. The van der Waals surface area contributed by atoms with Gasteiger partial charge in [-0.3, -0.25) is 18.9 Å². The number of nitrogens with zero attached hydrogens (tertiary/aromatic N) is 3. The molecule has 1 atom stereocenters. The molecule has 0 bridgehead atoms. The number of nitrogens with one attached hydrogen (secondary N) is 1. The number of ether oxygens (including phenoxy) is 1. The quantitative estimate of drug-likeness (QED) is 0.400. The third kappa shape index (κ3) is 3.56. The van der Waals surface area contributed by atoms with Gasteiger partial charge in [0.25, 0.3) is 11.5 Å². The van der Waals surface area contributed by atoms with Crippen molar-refractivity contribution in [2.45, 2.75) is 12.5 Å². The van der Waals surface area contributed by atoms with Crippen molar-refractivity contribution < 1.29 is 9.53 Å². The Labute approximate surface area is 179 Å². The molecular weight excluding hydrogens is 392 g/mol. The molecule has 4 aromatic rings. The van der Waals surface area contributed by atoms with Crippen LogP contribution in [0.4, 0.5) is 0 Å². The molecule has 1 fully saturated rings. The molecule has 1 N–H and O–H groups in total. The van der Waals surface area contributed by atoms with Crippen molar-refractivity contribution in [1.29, 1.82) is 0 Å². The Morgan fingerprint density at radius 1 is 1.16 bits per heavy atom. The van der Waals surface area contributed by atoms with Crippen molar-refractivity contribution in [1.82, 2.24) is 19.6 Å². The predicted molar refractivity (Wildman–Crippen MR) is 121 cm³/mol. The lowest BCUT2D eigenvalue weighted by atomic mass is 10.1. The van der Waals surface area contributed by atoms with Crippen molar-refractivity contribution in [3.63, 3.8) is 0 Å². The maximum atomic E-state index is 13.1. The van der Waals surface area contributed by atoms with E-state index in [-0.39, 0.29) is 17.6 Å². The highest BCUT2D eigenvalue weighted by atomic mass is 16.5. The minimum Gasteiger partial charge on any atom is -0.380 e. The van der Waals surface area contributed by atoms with Gasteiger partial charge in [-0.1, -0.05) is 30.3 Å². The summed E-state index contributed by atoms with van der Waals surface area (Å²) in [7, 11) is 1.73. The molecule has 158 valence electrons. The van der Waals surface area contributed by atoms with Crippen LogP contribution in [0.2, 0.25) is 0 Å². The van der Waals surface area contributed by atoms with E-state index < -0.39 is 0 Å². The van der Waals surface area contributed by atoms with Crippen LogP contribution in [0.25, 0.3) is 27.3 Å². The second kappa shape index (κ2) is 8.09. The SMILES string of the molecule is CO[C@H]1CCN(CCNC(=O)c2cccn3c(=O)c4ccc5ccccc5c4nc23)C1. The largest absolute Gasteiger partial charge is 0.380 e. The van der Waals surface area contributed by atoms with Crippen molar-refractivity contribution in [3.8, 4) is 0 Å². The van der Waals surface area contributed by atoms with Crippen molar-refractivity contribution in [2.24, 2.45) is 0 Å². The average molecular weight is 416 g/mol. The van der Waals surface area contributed by atoms with E-state index in [0.717, 1.165) is 36.8 Å². The second-order valence-corrected chi connectivity index (χ2v) is 7.92. The summed E-state index contributed by atoms with van der Waals surface area (Å²) in [6.07, 6.45) is 2.94. The number of amides is 1. The minimum absolute atomic E-state index is 0.178. The number of carbonyl (C=O) groups excluding carboxylic acids is 1. The van der Waals surface area contributed by atoms with Crippen LogP contribution in [0.3, 0.4) is 0 Å². The van der Waals surface area contributed by atoms with Crippen LogP contribution in [0.15, 0.2) is 59.5 Å². The molecular formula is C24H24N4O3. The molecule has 5 rings (SSSR count). The molecule has 1 aliphatic rings. The van der Waals surface area contributed by atoms with E-state index in [4.69, 9.17) is 9.72 Å². The molecule has 2 aromatic carbocycles. The fourth-order valence-corrected chi connectivity index (χ4v) is 4.35. The molecule has 0 radical (unpaired) electrons. The van der Waals surface area contributed by atoms with E-state index in [1.807, 2.05) is 30.3 Å². The van der Waals surface area contributed by atoms with Crippen LogP contribution < -0.4 is 10.9 Å². The van der Waals surface area contributed by atoms with Gasteiger partial charge in [-0.15, -0.1) is 0 Å². The van der Waals surface area contributed by atoms with Gasteiger partial charge in [-0.05, 0) is 30.0 Å². The average Bonchev–Trinajstić information content (AvgIpc) is 3.27. The predicted octanol–water partition coefficient (Wildman–Crippen LogP) is 2.45. The van der Waals surface area contributed by atoms with E-state index in [2.05, 4.69) is 10.2 Å². The molecule has 0 aliphatic carbocycles. The van der Waals surface area contributed by atoms with Crippen LogP contribution in [0, 0.1) is 0 Å². The summed E-state index contributed by atoms with van der Waals surface area (Å²) in [6, 6.07) is 15.0. The summed E-state index contributed by atoms with van der Waals surface area (Å²) >= 11 is 0. The van der Waals surface area contributed by atoms with Crippen LogP contribution in [0.1, 0.15) is 16.8 Å². The van der Waals surface area contributed by atoms with Gasteiger partial charge in [-0.25, -0.2) is 4.98 Å². The Hall–Kier alpha value is -3.29. The second-order valence-electron chi connectivity index (χ2n) is 7.92. The Morgan fingerprint density at radius 3 is 2.87 bits per heavy atom. The fraction of sp³-hybridized carbons (Fsp3) is 0.292. The maximum Gasteiger partial charge on any atom is 0.265 e. The molecule has 7 heteroatoms. The third-order valence-corrected chi connectivity index (χ3v) is 6.06.